The molecule has 2 aromatic rings. The first-order valence-corrected chi connectivity index (χ1v) is 7.36. The molecule has 1 aliphatic heterocycles. The molecule has 1 aromatic carbocycles. The molecule has 0 amide bonds. The number of aromatic nitrogens is 2. The molecule has 3 rings (SSSR count). The Kier molecular flexibility index (Phi) is 3.46. The Morgan fingerprint density at radius 3 is 2.85 bits per heavy atom. The lowest BCUT2D eigenvalue weighted by molar-refractivity contribution is 0.108. The quantitative estimate of drug-likeness (QED) is 0.779. The fraction of sp³-hybridized carbons (Fsp3) is 0.533. The number of ether oxygens (including phenoxy) is 1. The lowest BCUT2D eigenvalue weighted by atomic mass is 10.1. The highest BCUT2D eigenvalue weighted by Gasteiger charge is 2.30. The van der Waals surface area contributed by atoms with Crippen LogP contribution in [-0.2, 0) is 4.74 Å². The molecule has 3 unspecified atom stereocenters. The van der Waals surface area contributed by atoms with Crippen LogP contribution < -0.4 is 0 Å². The molecule has 1 aromatic heterocycles. The monoisotopic (exact) mass is 296 g/mol. The van der Waals surface area contributed by atoms with Crippen molar-refractivity contribution in [1.29, 1.82) is 0 Å². The zero-order valence-electron chi connectivity index (χ0n) is 11.9. The predicted octanol–water partition coefficient (Wildman–Crippen LogP) is 4.13. The van der Waals surface area contributed by atoms with Crippen molar-refractivity contribution in [3.05, 3.63) is 29.3 Å². The third-order valence-electron chi connectivity index (χ3n) is 4.02. The summed E-state index contributed by atoms with van der Waals surface area (Å²) in [5.74, 6) is 0.556. The number of benzene rings is 1. The lowest BCUT2D eigenvalue weighted by Crippen LogP contribution is -2.19. The van der Waals surface area contributed by atoms with Gasteiger partial charge in [0.25, 0.3) is 0 Å². The van der Waals surface area contributed by atoms with Gasteiger partial charge in [0.1, 0.15) is 11.6 Å². The van der Waals surface area contributed by atoms with Gasteiger partial charge in [0.2, 0.25) is 0 Å². The van der Waals surface area contributed by atoms with Gasteiger partial charge in [0.15, 0.2) is 0 Å². The van der Waals surface area contributed by atoms with Crippen LogP contribution in [0.4, 0.5) is 4.39 Å². The molecule has 5 heteroatoms. The SMILES string of the molecule is Cc1cc2c(cc1F)nc(C(C)Cl)n2C1CCOC1C. The van der Waals surface area contributed by atoms with E-state index in [0.29, 0.717) is 11.1 Å². The van der Waals surface area contributed by atoms with E-state index in [-0.39, 0.29) is 23.3 Å². The average molecular weight is 297 g/mol. The second kappa shape index (κ2) is 5.01. The molecule has 0 aliphatic carbocycles. The van der Waals surface area contributed by atoms with E-state index in [4.69, 9.17) is 16.3 Å². The van der Waals surface area contributed by atoms with Gasteiger partial charge < -0.3 is 9.30 Å². The van der Waals surface area contributed by atoms with E-state index in [1.54, 1.807) is 6.92 Å². The molecule has 0 bridgehead atoms. The van der Waals surface area contributed by atoms with Gasteiger partial charge in [-0.25, -0.2) is 9.37 Å². The summed E-state index contributed by atoms with van der Waals surface area (Å²) in [6.07, 6.45) is 1.05. The Morgan fingerprint density at radius 2 is 2.25 bits per heavy atom. The van der Waals surface area contributed by atoms with E-state index >= 15 is 0 Å². The third-order valence-corrected chi connectivity index (χ3v) is 4.22. The highest BCUT2D eigenvalue weighted by atomic mass is 35.5. The minimum absolute atomic E-state index is 0.118. The number of hydrogen-bond donors (Lipinski definition) is 0. The minimum Gasteiger partial charge on any atom is -0.376 e. The summed E-state index contributed by atoms with van der Waals surface area (Å²) in [6, 6.07) is 3.55. The number of hydrogen-bond acceptors (Lipinski definition) is 2. The van der Waals surface area contributed by atoms with E-state index in [2.05, 4.69) is 16.5 Å². The molecule has 3 atom stereocenters. The Labute approximate surface area is 122 Å². The number of imidazole rings is 1. The number of fused-ring (bicyclic) bond motifs is 1. The summed E-state index contributed by atoms with van der Waals surface area (Å²) in [4.78, 5) is 4.53. The van der Waals surface area contributed by atoms with Crippen molar-refractivity contribution in [2.24, 2.45) is 0 Å². The highest BCUT2D eigenvalue weighted by molar-refractivity contribution is 6.20. The molecule has 1 aliphatic rings. The van der Waals surface area contributed by atoms with Crippen LogP contribution in [0.25, 0.3) is 11.0 Å². The van der Waals surface area contributed by atoms with Crippen LogP contribution in [0.2, 0.25) is 0 Å². The number of halogens is 2. The standard InChI is InChI=1S/C15H18ClFN2O/c1-8-6-14-12(7-11(8)17)18-15(9(2)16)19(14)13-4-5-20-10(13)3/h6-7,9-10,13H,4-5H2,1-3H3. The van der Waals surface area contributed by atoms with Crippen LogP contribution >= 0.6 is 11.6 Å². The smallest absolute Gasteiger partial charge is 0.128 e. The topological polar surface area (TPSA) is 27.1 Å². The Balaban J connectivity index is 2.26. The van der Waals surface area contributed by atoms with Gasteiger partial charge in [0.05, 0.1) is 28.6 Å². The van der Waals surface area contributed by atoms with Gasteiger partial charge in [-0.05, 0) is 38.8 Å². The maximum absolute atomic E-state index is 13.7. The molecule has 1 saturated heterocycles. The summed E-state index contributed by atoms with van der Waals surface area (Å²) >= 11 is 6.27. The van der Waals surface area contributed by atoms with Crippen LogP contribution in [0.1, 0.15) is 43.1 Å². The normalized spacial score (nSPS) is 24.4. The molecule has 0 spiro atoms. The maximum atomic E-state index is 13.7. The van der Waals surface area contributed by atoms with E-state index in [0.717, 1.165) is 24.4 Å². The number of alkyl halides is 1. The molecule has 20 heavy (non-hydrogen) atoms. The first-order valence-electron chi connectivity index (χ1n) is 6.92. The maximum Gasteiger partial charge on any atom is 0.128 e. The van der Waals surface area contributed by atoms with Crippen molar-refractivity contribution in [2.75, 3.05) is 6.61 Å². The van der Waals surface area contributed by atoms with E-state index in [1.165, 1.54) is 6.07 Å². The molecule has 2 heterocycles. The lowest BCUT2D eigenvalue weighted by Gasteiger charge is -2.20. The zero-order valence-corrected chi connectivity index (χ0v) is 12.6. The minimum atomic E-state index is -0.230. The van der Waals surface area contributed by atoms with Crippen molar-refractivity contribution in [3.63, 3.8) is 0 Å². The Hall–Kier alpha value is -1.13. The average Bonchev–Trinajstić information content (AvgIpc) is 2.93. The molecule has 108 valence electrons. The van der Waals surface area contributed by atoms with Crippen molar-refractivity contribution < 1.29 is 9.13 Å². The van der Waals surface area contributed by atoms with Gasteiger partial charge in [-0.3, -0.25) is 0 Å². The summed E-state index contributed by atoms with van der Waals surface area (Å²) in [6.45, 7) is 6.46. The molecular weight excluding hydrogens is 279 g/mol. The first kappa shape index (κ1) is 13.8. The van der Waals surface area contributed by atoms with Gasteiger partial charge in [-0.1, -0.05) is 0 Å². The van der Waals surface area contributed by atoms with Crippen LogP contribution in [0.5, 0.6) is 0 Å². The van der Waals surface area contributed by atoms with E-state index in [1.807, 2.05) is 13.0 Å². The van der Waals surface area contributed by atoms with Crippen molar-refractivity contribution in [3.8, 4) is 0 Å². The van der Waals surface area contributed by atoms with Crippen LogP contribution in [0, 0.1) is 12.7 Å². The van der Waals surface area contributed by atoms with Crippen molar-refractivity contribution in [2.45, 2.75) is 44.7 Å². The third kappa shape index (κ3) is 2.11. The summed E-state index contributed by atoms with van der Waals surface area (Å²) in [5.41, 5.74) is 2.22. The van der Waals surface area contributed by atoms with Gasteiger partial charge in [-0.15, -0.1) is 11.6 Å². The Morgan fingerprint density at radius 1 is 1.50 bits per heavy atom. The van der Waals surface area contributed by atoms with Crippen LogP contribution in [-0.4, -0.2) is 22.3 Å². The summed E-state index contributed by atoms with van der Waals surface area (Å²) in [5, 5.41) is -0.224. The Bertz CT molecular complexity index is 653. The largest absolute Gasteiger partial charge is 0.376 e. The van der Waals surface area contributed by atoms with Crippen LogP contribution in [0.15, 0.2) is 12.1 Å². The molecule has 0 radical (unpaired) electrons. The van der Waals surface area contributed by atoms with Gasteiger partial charge >= 0.3 is 0 Å². The fourth-order valence-electron chi connectivity index (χ4n) is 2.93. The number of aryl methyl sites for hydroxylation is 1. The van der Waals surface area contributed by atoms with E-state index in [9.17, 15) is 4.39 Å². The second-order valence-corrected chi connectivity index (χ2v) is 6.13. The predicted molar refractivity (Wildman–Crippen MR) is 77.8 cm³/mol. The second-order valence-electron chi connectivity index (χ2n) is 5.48. The molecule has 1 fully saturated rings. The highest BCUT2D eigenvalue weighted by Crippen LogP contribution is 2.35. The van der Waals surface area contributed by atoms with Gasteiger partial charge in [0, 0.05) is 12.7 Å². The number of nitrogens with zero attached hydrogens (tertiary/aromatic N) is 2. The number of rotatable bonds is 2. The van der Waals surface area contributed by atoms with E-state index < -0.39 is 0 Å². The summed E-state index contributed by atoms with van der Waals surface area (Å²) < 4.78 is 21.5. The van der Waals surface area contributed by atoms with Crippen molar-refractivity contribution in [1.82, 2.24) is 9.55 Å². The van der Waals surface area contributed by atoms with Gasteiger partial charge in [-0.2, -0.15) is 0 Å². The molecular formula is C15H18ClFN2O. The molecule has 0 N–H and O–H groups in total. The first-order chi connectivity index (χ1) is 9.49. The molecule has 3 nitrogen and oxygen atoms in total. The van der Waals surface area contributed by atoms with Crippen molar-refractivity contribution >= 4 is 22.6 Å². The zero-order chi connectivity index (χ0) is 14.4. The summed E-state index contributed by atoms with van der Waals surface area (Å²) in [7, 11) is 0. The van der Waals surface area contributed by atoms with Crippen LogP contribution in [0.3, 0.4) is 0 Å². The molecule has 0 saturated carbocycles. The fourth-order valence-corrected chi connectivity index (χ4v) is 3.08.